The average molecular weight is 285 g/mol. The zero-order valence-electron chi connectivity index (χ0n) is 9.84. The van der Waals surface area contributed by atoms with Gasteiger partial charge in [0.15, 0.2) is 0 Å². The van der Waals surface area contributed by atoms with Crippen molar-refractivity contribution in [1.82, 2.24) is 5.32 Å². The van der Waals surface area contributed by atoms with Crippen molar-refractivity contribution in [2.24, 2.45) is 0 Å². The molecule has 100 valence electrons. The highest BCUT2D eigenvalue weighted by atomic mass is 32.1. The van der Waals surface area contributed by atoms with E-state index < -0.39 is 24.6 Å². The van der Waals surface area contributed by atoms with E-state index in [-0.39, 0.29) is 13.2 Å². The monoisotopic (exact) mass is 285 g/mol. The molecule has 0 rings (SSSR count). The predicted octanol–water partition coefficient (Wildman–Crippen LogP) is 1.39. The molecule has 0 spiro atoms. The van der Waals surface area contributed by atoms with Crippen molar-refractivity contribution in [2.45, 2.75) is 19.6 Å². The van der Waals surface area contributed by atoms with Crippen molar-refractivity contribution in [3.63, 3.8) is 0 Å². The van der Waals surface area contributed by atoms with Gasteiger partial charge in [0, 0.05) is 0 Å². The molecule has 7 nitrogen and oxygen atoms in total. The first-order valence-electron chi connectivity index (χ1n) is 4.87. The van der Waals surface area contributed by atoms with Crippen LogP contribution < -0.4 is 5.32 Å². The van der Waals surface area contributed by atoms with Gasteiger partial charge in [-0.25, -0.2) is 4.79 Å². The Morgan fingerprint density at radius 2 is 1.76 bits per heavy atom. The van der Waals surface area contributed by atoms with Gasteiger partial charge >= 0.3 is 13.6 Å². The average Bonchev–Trinajstić information content (AvgIpc) is 2.25. The number of methoxy groups -OCH3 is 1. The maximum Gasteiger partial charge on any atom is 0.364 e. The fourth-order valence-corrected chi connectivity index (χ4v) is 3.00. The van der Waals surface area contributed by atoms with E-state index in [9.17, 15) is 14.2 Å². The lowest BCUT2D eigenvalue weighted by molar-refractivity contribution is -0.141. The molecule has 17 heavy (non-hydrogen) atoms. The van der Waals surface area contributed by atoms with E-state index in [0.29, 0.717) is 0 Å². The summed E-state index contributed by atoms with van der Waals surface area (Å²) >= 11 is 3.45. The highest BCUT2D eigenvalue weighted by molar-refractivity contribution is 7.96. The van der Waals surface area contributed by atoms with E-state index in [1.54, 1.807) is 13.8 Å². The minimum absolute atomic E-state index is 0.0627. The Balaban J connectivity index is 5.12. The van der Waals surface area contributed by atoms with Crippen LogP contribution in [0, 0.1) is 0 Å². The number of ether oxygens (including phenoxy) is 1. The van der Waals surface area contributed by atoms with Crippen molar-refractivity contribution >= 4 is 31.4 Å². The van der Waals surface area contributed by atoms with Crippen LogP contribution >= 0.6 is 20.2 Å². The van der Waals surface area contributed by atoms with Crippen molar-refractivity contribution in [3.05, 3.63) is 0 Å². The molecule has 0 aliphatic carbocycles. The first-order valence-corrected chi connectivity index (χ1v) is 6.93. The summed E-state index contributed by atoms with van der Waals surface area (Å²) < 4.78 is 26.6. The van der Waals surface area contributed by atoms with Gasteiger partial charge in [0.25, 0.3) is 5.24 Å². The minimum Gasteiger partial charge on any atom is -0.467 e. The van der Waals surface area contributed by atoms with E-state index in [0.717, 1.165) is 7.11 Å². The second-order valence-corrected chi connectivity index (χ2v) is 5.27. The standard InChI is InChI=1S/C8H16NO6PS/c1-4-14-16(12,15-5-2)6(7(10)13-3)9-8(11)17/h6H,4-5H2,1-3H3,(H2,9,11,17). The number of amides is 1. The summed E-state index contributed by atoms with van der Waals surface area (Å²) in [6.45, 7) is 3.30. The molecule has 0 saturated heterocycles. The molecule has 0 heterocycles. The third-order valence-electron chi connectivity index (χ3n) is 1.62. The molecule has 0 fully saturated rings. The Labute approximate surface area is 105 Å². The van der Waals surface area contributed by atoms with Gasteiger partial charge in [-0.1, -0.05) is 12.6 Å². The van der Waals surface area contributed by atoms with Gasteiger partial charge in [-0.2, -0.15) is 0 Å². The van der Waals surface area contributed by atoms with Crippen molar-refractivity contribution in [3.8, 4) is 0 Å². The summed E-state index contributed by atoms with van der Waals surface area (Å²) in [5, 5.41) is 1.25. The molecular weight excluding hydrogens is 269 g/mol. The number of rotatable bonds is 7. The number of carbonyl (C=O) groups is 2. The Hall–Kier alpha value is -0.560. The number of esters is 1. The molecule has 0 bridgehead atoms. The van der Waals surface area contributed by atoms with Gasteiger partial charge in [0.2, 0.25) is 5.78 Å². The fraction of sp³-hybridized carbons (Fsp3) is 0.750. The van der Waals surface area contributed by atoms with Crippen LogP contribution in [0.15, 0.2) is 0 Å². The lowest BCUT2D eigenvalue weighted by Gasteiger charge is -2.24. The van der Waals surface area contributed by atoms with E-state index >= 15 is 0 Å². The van der Waals surface area contributed by atoms with E-state index in [2.05, 4.69) is 22.7 Å². The summed E-state index contributed by atoms with van der Waals surface area (Å²) in [5.74, 6) is -2.44. The molecule has 1 amide bonds. The SMILES string of the molecule is CCOP(=O)(OCC)C(NC(=O)S)C(=O)OC. The molecule has 0 aromatic rings. The largest absolute Gasteiger partial charge is 0.467 e. The molecule has 0 aliphatic rings. The highest BCUT2D eigenvalue weighted by Gasteiger charge is 2.43. The van der Waals surface area contributed by atoms with Crippen LogP contribution in [-0.2, 0) is 23.1 Å². The lowest BCUT2D eigenvalue weighted by Crippen LogP contribution is -2.40. The molecule has 9 heteroatoms. The van der Waals surface area contributed by atoms with Crippen molar-refractivity contribution < 1.29 is 27.9 Å². The smallest absolute Gasteiger partial charge is 0.364 e. The topological polar surface area (TPSA) is 90.9 Å². The van der Waals surface area contributed by atoms with Crippen LogP contribution in [-0.4, -0.2) is 37.3 Å². The van der Waals surface area contributed by atoms with Crippen molar-refractivity contribution in [1.29, 1.82) is 0 Å². The molecule has 1 atom stereocenters. The van der Waals surface area contributed by atoms with E-state index in [4.69, 9.17) is 9.05 Å². The Morgan fingerprint density at radius 1 is 1.29 bits per heavy atom. The minimum atomic E-state index is -3.81. The summed E-state index contributed by atoms with van der Waals surface area (Å²) in [4.78, 5) is 22.3. The second kappa shape index (κ2) is 7.71. The number of hydrogen-bond acceptors (Lipinski definition) is 6. The first kappa shape index (κ1) is 16.4. The van der Waals surface area contributed by atoms with Gasteiger partial charge in [-0.3, -0.25) is 9.36 Å². The normalized spacial score (nSPS) is 12.9. The molecule has 1 N–H and O–H groups in total. The van der Waals surface area contributed by atoms with Crippen LogP contribution in [0.4, 0.5) is 4.79 Å². The zero-order valence-corrected chi connectivity index (χ0v) is 11.6. The maximum atomic E-state index is 12.3. The van der Waals surface area contributed by atoms with Crippen LogP contribution in [0.5, 0.6) is 0 Å². The predicted molar refractivity (Wildman–Crippen MR) is 64.2 cm³/mol. The van der Waals surface area contributed by atoms with Crippen LogP contribution in [0.2, 0.25) is 0 Å². The Bertz CT molecular complexity index is 313. The zero-order chi connectivity index (χ0) is 13.5. The lowest BCUT2D eigenvalue weighted by atomic mass is 10.6. The second-order valence-electron chi connectivity index (χ2n) is 2.75. The maximum absolute atomic E-state index is 12.3. The summed E-state index contributed by atoms with van der Waals surface area (Å²) in [7, 11) is -2.71. The number of thiol groups is 1. The van der Waals surface area contributed by atoms with Crippen LogP contribution in [0.3, 0.4) is 0 Å². The molecular formula is C8H16NO6PS. The first-order chi connectivity index (χ1) is 7.91. The van der Waals surface area contributed by atoms with Crippen molar-refractivity contribution in [2.75, 3.05) is 20.3 Å². The van der Waals surface area contributed by atoms with E-state index in [1.165, 1.54) is 0 Å². The molecule has 0 saturated carbocycles. The molecule has 0 radical (unpaired) electrons. The van der Waals surface area contributed by atoms with Gasteiger partial charge < -0.3 is 19.1 Å². The Kier molecular flexibility index (Phi) is 7.45. The van der Waals surface area contributed by atoms with Gasteiger partial charge in [0.1, 0.15) is 0 Å². The molecule has 1 unspecified atom stereocenters. The molecule has 0 aromatic carbocycles. The fourth-order valence-electron chi connectivity index (χ4n) is 1.04. The third-order valence-corrected chi connectivity index (χ3v) is 3.96. The summed E-state index contributed by atoms with van der Waals surface area (Å²) in [5.41, 5.74) is 0. The highest BCUT2D eigenvalue weighted by Crippen LogP contribution is 2.52. The third kappa shape index (κ3) is 5.08. The van der Waals surface area contributed by atoms with Gasteiger partial charge in [-0.05, 0) is 13.8 Å². The van der Waals surface area contributed by atoms with Crippen LogP contribution in [0.1, 0.15) is 13.8 Å². The van der Waals surface area contributed by atoms with Gasteiger partial charge in [-0.15, -0.1) is 0 Å². The summed E-state index contributed by atoms with van der Waals surface area (Å²) in [6.07, 6.45) is 0. The Morgan fingerprint density at radius 3 is 2.06 bits per heavy atom. The molecule has 0 aliphatic heterocycles. The number of carbonyl (C=O) groups excluding carboxylic acids is 2. The van der Waals surface area contributed by atoms with E-state index in [1.807, 2.05) is 0 Å². The quantitative estimate of drug-likeness (QED) is 0.417. The van der Waals surface area contributed by atoms with Crippen LogP contribution in [0.25, 0.3) is 0 Å². The van der Waals surface area contributed by atoms with Gasteiger partial charge in [0.05, 0.1) is 20.3 Å². The number of hydrogen-bond donors (Lipinski definition) is 2. The summed E-state index contributed by atoms with van der Waals surface area (Å²) in [6, 6.07) is 0. The molecule has 0 aromatic heterocycles. The number of nitrogens with one attached hydrogen (secondary N) is 1.